The molecule has 0 saturated heterocycles. The molecule has 0 N–H and O–H groups in total. The zero-order valence-corrected chi connectivity index (χ0v) is 9.02. The number of nitrogens with zero attached hydrogens (tertiary/aromatic N) is 2. The van der Waals surface area contributed by atoms with Gasteiger partial charge in [-0.15, -0.1) is 0 Å². The first-order chi connectivity index (χ1) is 6.13. The molecule has 1 rings (SSSR count). The summed E-state index contributed by atoms with van der Waals surface area (Å²) in [6.45, 7) is 3.80. The van der Waals surface area contributed by atoms with Crippen LogP contribution in [0.5, 0.6) is 0 Å². The number of hydrogen-bond donors (Lipinski definition) is 0. The lowest BCUT2D eigenvalue weighted by atomic mass is 10.3. The Morgan fingerprint density at radius 3 is 2.77 bits per heavy atom. The molecule has 0 spiro atoms. The number of aromatic nitrogens is 2. The van der Waals surface area contributed by atoms with Crippen molar-refractivity contribution in [1.29, 1.82) is 0 Å². The molecule has 0 saturated carbocycles. The third kappa shape index (κ3) is 2.98. The second-order valence-corrected chi connectivity index (χ2v) is 3.38. The zero-order chi connectivity index (χ0) is 9.84. The van der Waals surface area contributed by atoms with Crippen LogP contribution in [0.15, 0.2) is 12.1 Å². The van der Waals surface area contributed by atoms with Crippen molar-refractivity contribution < 1.29 is 0 Å². The summed E-state index contributed by atoms with van der Waals surface area (Å²) in [5.41, 5.74) is 0.681. The molecule has 1 heterocycles. The van der Waals surface area contributed by atoms with Gasteiger partial charge in [0.25, 0.3) is 0 Å². The van der Waals surface area contributed by atoms with Crippen LogP contribution in [0.3, 0.4) is 0 Å². The smallest absolute Gasteiger partial charge is 0.133 e. The molecule has 0 fully saturated rings. The second-order valence-electron chi connectivity index (χ2n) is 2.58. The van der Waals surface area contributed by atoms with Crippen LogP contribution < -0.4 is 0 Å². The van der Waals surface area contributed by atoms with Crippen molar-refractivity contribution in [2.24, 2.45) is 0 Å². The van der Waals surface area contributed by atoms with Crippen LogP contribution in [0, 0.1) is 6.92 Å². The Balaban J connectivity index is 3.08. The van der Waals surface area contributed by atoms with Gasteiger partial charge in [0.15, 0.2) is 0 Å². The lowest BCUT2D eigenvalue weighted by molar-refractivity contribution is 1.04. The Kier molecular flexibility index (Phi) is 3.70. The SMILES string of the molecule is CC/C=C(\Cl)c1cc(Cl)nc(C)n1. The van der Waals surface area contributed by atoms with Crippen LogP contribution in [0.25, 0.3) is 5.03 Å². The quantitative estimate of drug-likeness (QED) is 0.709. The molecule has 1 aromatic rings. The predicted molar refractivity (Wildman–Crippen MR) is 55.9 cm³/mol. The van der Waals surface area contributed by atoms with Gasteiger partial charge in [-0.05, 0) is 13.3 Å². The van der Waals surface area contributed by atoms with Crippen molar-refractivity contribution in [2.45, 2.75) is 20.3 Å². The molecule has 13 heavy (non-hydrogen) atoms. The molecule has 4 heteroatoms. The van der Waals surface area contributed by atoms with Crippen LogP contribution in [0.4, 0.5) is 0 Å². The maximum Gasteiger partial charge on any atom is 0.133 e. The van der Waals surface area contributed by atoms with E-state index in [1.54, 1.807) is 13.0 Å². The first-order valence-corrected chi connectivity index (χ1v) is 4.76. The maximum atomic E-state index is 5.96. The van der Waals surface area contributed by atoms with E-state index in [-0.39, 0.29) is 0 Å². The molecule has 0 aromatic carbocycles. The van der Waals surface area contributed by atoms with E-state index < -0.39 is 0 Å². The van der Waals surface area contributed by atoms with Gasteiger partial charge in [-0.3, -0.25) is 0 Å². The Labute approximate surface area is 87.6 Å². The Hall–Kier alpha value is -0.600. The van der Waals surface area contributed by atoms with E-state index in [0.717, 1.165) is 6.42 Å². The fraction of sp³-hybridized carbons (Fsp3) is 0.333. The third-order valence-corrected chi connectivity index (χ3v) is 1.98. The molecule has 0 aliphatic carbocycles. The number of halogens is 2. The molecule has 0 radical (unpaired) electrons. The molecule has 2 nitrogen and oxygen atoms in total. The average Bonchev–Trinajstić information content (AvgIpc) is 2.03. The molecular weight excluding hydrogens is 207 g/mol. The number of hydrogen-bond acceptors (Lipinski definition) is 2. The fourth-order valence-electron chi connectivity index (χ4n) is 0.937. The van der Waals surface area contributed by atoms with Crippen LogP contribution >= 0.6 is 23.2 Å². The van der Waals surface area contributed by atoms with Crippen LogP contribution in [-0.2, 0) is 0 Å². The van der Waals surface area contributed by atoms with Crippen molar-refractivity contribution in [2.75, 3.05) is 0 Å². The highest BCUT2D eigenvalue weighted by Gasteiger charge is 2.02. The van der Waals surface area contributed by atoms with Gasteiger partial charge in [-0.2, -0.15) is 0 Å². The minimum atomic E-state index is 0.421. The van der Waals surface area contributed by atoms with E-state index >= 15 is 0 Å². The first-order valence-electron chi connectivity index (χ1n) is 4.00. The van der Waals surface area contributed by atoms with Gasteiger partial charge >= 0.3 is 0 Å². The second kappa shape index (κ2) is 4.58. The summed E-state index contributed by atoms with van der Waals surface area (Å²) in [6, 6.07) is 1.66. The van der Waals surface area contributed by atoms with E-state index in [4.69, 9.17) is 23.2 Å². The molecule has 0 atom stereocenters. The number of rotatable bonds is 2. The summed E-state index contributed by atoms with van der Waals surface area (Å²) in [6.07, 6.45) is 2.76. The summed E-state index contributed by atoms with van der Waals surface area (Å²) >= 11 is 11.7. The van der Waals surface area contributed by atoms with Gasteiger partial charge in [-0.25, -0.2) is 9.97 Å². The summed E-state index contributed by atoms with van der Waals surface area (Å²) in [4.78, 5) is 8.10. The van der Waals surface area contributed by atoms with E-state index in [9.17, 15) is 0 Å². The number of allylic oxidation sites excluding steroid dienone is 1. The van der Waals surface area contributed by atoms with Gasteiger partial charge in [0.05, 0.1) is 10.7 Å². The van der Waals surface area contributed by atoms with Crippen molar-refractivity contribution in [3.8, 4) is 0 Å². The van der Waals surface area contributed by atoms with Crippen molar-refractivity contribution in [3.05, 3.63) is 28.8 Å². The van der Waals surface area contributed by atoms with E-state index in [2.05, 4.69) is 9.97 Å². The minimum Gasteiger partial charge on any atom is -0.232 e. The molecule has 0 unspecified atom stereocenters. The Morgan fingerprint density at radius 1 is 1.54 bits per heavy atom. The van der Waals surface area contributed by atoms with Gasteiger partial charge in [0, 0.05) is 6.07 Å². The lowest BCUT2D eigenvalue weighted by Gasteiger charge is -2.00. The Morgan fingerprint density at radius 2 is 2.23 bits per heavy atom. The minimum absolute atomic E-state index is 0.421. The maximum absolute atomic E-state index is 5.96. The van der Waals surface area contributed by atoms with Crippen LogP contribution in [0.1, 0.15) is 24.9 Å². The molecule has 0 aliphatic rings. The highest BCUT2D eigenvalue weighted by atomic mass is 35.5. The molecule has 70 valence electrons. The molecule has 1 aromatic heterocycles. The largest absolute Gasteiger partial charge is 0.232 e. The molecule has 0 amide bonds. The van der Waals surface area contributed by atoms with Crippen molar-refractivity contribution in [1.82, 2.24) is 9.97 Å². The molecule has 0 bridgehead atoms. The van der Waals surface area contributed by atoms with E-state index in [1.807, 2.05) is 13.0 Å². The molecular formula is C9H10Cl2N2. The van der Waals surface area contributed by atoms with Gasteiger partial charge in [-0.1, -0.05) is 36.2 Å². The lowest BCUT2D eigenvalue weighted by Crippen LogP contribution is -1.92. The van der Waals surface area contributed by atoms with Gasteiger partial charge < -0.3 is 0 Å². The van der Waals surface area contributed by atoms with Crippen LogP contribution in [-0.4, -0.2) is 9.97 Å². The Bertz CT molecular complexity index is 314. The summed E-state index contributed by atoms with van der Waals surface area (Å²) in [7, 11) is 0. The topological polar surface area (TPSA) is 25.8 Å². The normalized spacial score (nSPS) is 11.8. The van der Waals surface area contributed by atoms with Gasteiger partial charge in [0.2, 0.25) is 0 Å². The van der Waals surface area contributed by atoms with E-state index in [1.165, 1.54) is 0 Å². The highest BCUT2D eigenvalue weighted by Crippen LogP contribution is 2.19. The molecule has 0 aliphatic heterocycles. The van der Waals surface area contributed by atoms with Crippen molar-refractivity contribution in [3.63, 3.8) is 0 Å². The monoisotopic (exact) mass is 216 g/mol. The van der Waals surface area contributed by atoms with E-state index in [0.29, 0.717) is 21.7 Å². The predicted octanol–water partition coefficient (Wildman–Crippen LogP) is 3.43. The standard InChI is InChI=1S/C9H10Cl2N2/c1-3-4-7(10)8-5-9(11)13-6(2)12-8/h4-5H,3H2,1-2H3/b7-4-. The number of aryl methyl sites for hydroxylation is 1. The van der Waals surface area contributed by atoms with Crippen molar-refractivity contribution >= 4 is 28.2 Å². The summed E-state index contributed by atoms with van der Waals surface area (Å²) in [5, 5.41) is 1.04. The highest BCUT2D eigenvalue weighted by molar-refractivity contribution is 6.48. The third-order valence-electron chi connectivity index (χ3n) is 1.43. The summed E-state index contributed by atoms with van der Waals surface area (Å²) < 4.78 is 0. The zero-order valence-electron chi connectivity index (χ0n) is 7.51. The van der Waals surface area contributed by atoms with Gasteiger partial charge in [0.1, 0.15) is 11.0 Å². The average molecular weight is 217 g/mol. The first kappa shape index (κ1) is 10.5. The summed E-state index contributed by atoms with van der Waals surface area (Å²) in [5.74, 6) is 0.630. The fourth-order valence-corrected chi connectivity index (χ4v) is 1.41. The van der Waals surface area contributed by atoms with Crippen LogP contribution in [0.2, 0.25) is 5.15 Å².